The van der Waals surface area contributed by atoms with Crippen LogP contribution in [0.25, 0.3) is 0 Å². The molecule has 1 aliphatic rings. The zero-order valence-electron chi connectivity index (χ0n) is 13.9. The molecule has 24 heavy (non-hydrogen) atoms. The van der Waals surface area contributed by atoms with E-state index in [4.69, 9.17) is 0 Å². The fourth-order valence-electron chi connectivity index (χ4n) is 2.90. The van der Waals surface area contributed by atoms with Gasteiger partial charge in [0, 0.05) is 44.6 Å². The van der Waals surface area contributed by atoms with E-state index in [1.807, 2.05) is 16.5 Å². The van der Waals surface area contributed by atoms with Crippen LogP contribution in [-0.2, 0) is 13.0 Å². The van der Waals surface area contributed by atoms with E-state index in [0.717, 1.165) is 57.8 Å². The number of nitrogens with zero attached hydrogens (tertiary/aromatic N) is 3. The van der Waals surface area contributed by atoms with Crippen molar-refractivity contribution in [3.8, 4) is 0 Å². The lowest BCUT2D eigenvalue weighted by Gasteiger charge is -2.34. The van der Waals surface area contributed by atoms with Crippen molar-refractivity contribution in [2.45, 2.75) is 19.4 Å². The van der Waals surface area contributed by atoms with Gasteiger partial charge in [-0.3, -0.25) is 4.90 Å². The molecule has 0 spiro atoms. The van der Waals surface area contributed by atoms with E-state index in [9.17, 15) is 4.79 Å². The van der Waals surface area contributed by atoms with Gasteiger partial charge in [0.25, 0.3) is 0 Å². The number of carbonyl (C=O) groups excluding carboxylic acids is 1. The van der Waals surface area contributed by atoms with Gasteiger partial charge in [0.1, 0.15) is 0 Å². The summed E-state index contributed by atoms with van der Waals surface area (Å²) in [5, 5.41) is 5.13. The number of rotatable bonds is 6. The van der Waals surface area contributed by atoms with Crippen molar-refractivity contribution in [2.75, 3.05) is 32.7 Å². The number of hydrogen-bond acceptors (Lipinski definition) is 4. The van der Waals surface area contributed by atoms with Crippen LogP contribution in [0, 0.1) is 0 Å². The summed E-state index contributed by atoms with van der Waals surface area (Å²) in [6.07, 6.45) is 1.97. The van der Waals surface area contributed by atoms with Crippen LogP contribution in [0.1, 0.15) is 17.7 Å². The highest BCUT2D eigenvalue weighted by atomic mass is 32.1. The Bertz CT molecular complexity index is 609. The minimum atomic E-state index is 0.0661. The molecule has 3 rings (SSSR count). The minimum Gasteiger partial charge on any atom is -0.338 e. The lowest BCUT2D eigenvalue weighted by Crippen LogP contribution is -2.51. The van der Waals surface area contributed by atoms with E-state index in [0.29, 0.717) is 0 Å². The van der Waals surface area contributed by atoms with Crippen molar-refractivity contribution >= 4 is 17.4 Å². The first-order valence-electron chi connectivity index (χ1n) is 8.47. The Morgan fingerprint density at radius 3 is 2.67 bits per heavy atom. The fraction of sp³-hybridized carbons (Fsp3) is 0.444. The van der Waals surface area contributed by atoms with Crippen LogP contribution in [-0.4, -0.2) is 53.5 Å². The van der Waals surface area contributed by atoms with Crippen LogP contribution in [0.5, 0.6) is 0 Å². The molecule has 0 bridgehead atoms. The van der Waals surface area contributed by atoms with Crippen molar-refractivity contribution < 1.29 is 4.79 Å². The predicted octanol–water partition coefficient (Wildman–Crippen LogP) is 2.60. The van der Waals surface area contributed by atoms with Crippen molar-refractivity contribution in [3.05, 3.63) is 52.5 Å². The summed E-state index contributed by atoms with van der Waals surface area (Å²) in [7, 11) is 0. The summed E-state index contributed by atoms with van der Waals surface area (Å²) in [6, 6.07) is 10.5. The monoisotopic (exact) mass is 344 g/mol. The van der Waals surface area contributed by atoms with Gasteiger partial charge in [-0.1, -0.05) is 30.3 Å². The van der Waals surface area contributed by atoms with Crippen LogP contribution in [0.2, 0.25) is 0 Å². The van der Waals surface area contributed by atoms with Gasteiger partial charge in [0.2, 0.25) is 0 Å². The maximum Gasteiger partial charge on any atom is 0.317 e. The highest BCUT2D eigenvalue weighted by molar-refractivity contribution is 7.07. The first kappa shape index (κ1) is 16.9. The molecule has 1 N–H and O–H groups in total. The van der Waals surface area contributed by atoms with Gasteiger partial charge in [0.05, 0.1) is 11.2 Å². The highest BCUT2D eigenvalue weighted by Crippen LogP contribution is 2.09. The fourth-order valence-corrected chi connectivity index (χ4v) is 3.45. The number of nitrogens with one attached hydrogen (secondary N) is 1. The van der Waals surface area contributed by atoms with Crippen molar-refractivity contribution in [1.29, 1.82) is 0 Å². The molecular weight excluding hydrogens is 320 g/mol. The third-order valence-corrected chi connectivity index (χ3v) is 4.93. The van der Waals surface area contributed by atoms with E-state index >= 15 is 0 Å². The van der Waals surface area contributed by atoms with E-state index in [1.165, 1.54) is 5.56 Å². The number of piperazine rings is 1. The second kappa shape index (κ2) is 8.80. The number of carbonyl (C=O) groups is 1. The molecule has 1 fully saturated rings. The minimum absolute atomic E-state index is 0.0661. The number of amides is 2. The van der Waals surface area contributed by atoms with E-state index in [1.54, 1.807) is 11.3 Å². The van der Waals surface area contributed by atoms with Gasteiger partial charge in [-0.2, -0.15) is 0 Å². The summed E-state index contributed by atoms with van der Waals surface area (Å²) in [5.41, 5.74) is 4.32. The molecule has 0 aliphatic carbocycles. The SMILES string of the molecule is O=C(NCCCc1ccccc1)N1CCN(Cc2cscn2)CC1. The molecule has 6 heteroatoms. The molecule has 0 radical (unpaired) electrons. The second-order valence-corrected chi connectivity index (χ2v) is 6.78. The smallest absolute Gasteiger partial charge is 0.317 e. The zero-order valence-corrected chi connectivity index (χ0v) is 14.7. The number of benzene rings is 1. The first-order valence-corrected chi connectivity index (χ1v) is 9.41. The van der Waals surface area contributed by atoms with Gasteiger partial charge in [-0.15, -0.1) is 11.3 Å². The molecule has 2 heterocycles. The quantitative estimate of drug-likeness (QED) is 0.820. The Balaban J connectivity index is 1.32. The normalized spacial score (nSPS) is 15.4. The maximum absolute atomic E-state index is 12.2. The van der Waals surface area contributed by atoms with E-state index in [2.05, 4.69) is 44.8 Å². The van der Waals surface area contributed by atoms with Crippen LogP contribution in [0.3, 0.4) is 0 Å². The lowest BCUT2D eigenvalue weighted by atomic mass is 10.1. The van der Waals surface area contributed by atoms with E-state index in [-0.39, 0.29) is 6.03 Å². The van der Waals surface area contributed by atoms with Crippen LogP contribution in [0.4, 0.5) is 4.79 Å². The van der Waals surface area contributed by atoms with Gasteiger partial charge in [-0.05, 0) is 18.4 Å². The number of thiazole rings is 1. The Morgan fingerprint density at radius 2 is 1.96 bits per heavy atom. The lowest BCUT2D eigenvalue weighted by molar-refractivity contribution is 0.134. The molecule has 2 aromatic rings. The molecule has 0 unspecified atom stereocenters. The Morgan fingerprint density at radius 1 is 1.17 bits per heavy atom. The third-order valence-electron chi connectivity index (χ3n) is 4.29. The average Bonchev–Trinajstić information content (AvgIpc) is 3.13. The largest absolute Gasteiger partial charge is 0.338 e. The van der Waals surface area contributed by atoms with E-state index < -0.39 is 0 Å². The summed E-state index contributed by atoms with van der Waals surface area (Å²) in [4.78, 5) is 20.8. The maximum atomic E-state index is 12.2. The third kappa shape index (κ3) is 5.04. The van der Waals surface area contributed by atoms with Gasteiger partial charge >= 0.3 is 6.03 Å². The molecule has 0 saturated carbocycles. The topological polar surface area (TPSA) is 48.5 Å². The zero-order chi connectivity index (χ0) is 16.6. The second-order valence-electron chi connectivity index (χ2n) is 6.06. The number of hydrogen-bond donors (Lipinski definition) is 1. The Labute approximate surface area is 147 Å². The van der Waals surface area contributed by atoms with Gasteiger partial charge in [-0.25, -0.2) is 9.78 Å². The van der Waals surface area contributed by atoms with Crippen LogP contribution < -0.4 is 5.32 Å². The highest BCUT2D eigenvalue weighted by Gasteiger charge is 2.21. The summed E-state index contributed by atoms with van der Waals surface area (Å²) >= 11 is 1.63. The molecule has 2 amide bonds. The Hall–Kier alpha value is -1.92. The molecule has 1 aromatic heterocycles. The van der Waals surface area contributed by atoms with Gasteiger partial charge in [0.15, 0.2) is 0 Å². The molecule has 1 aromatic carbocycles. The first-order chi connectivity index (χ1) is 11.8. The Kier molecular flexibility index (Phi) is 6.20. The summed E-state index contributed by atoms with van der Waals surface area (Å²) in [5.74, 6) is 0. The standard InChI is InChI=1S/C18H24N4OS/c23-18(19-8-4-7-16-5-2-1-3-6-16)22-11-9-21(10-12-22)13-17-14-24-15-20-17/h1-3,5-6,14-15H,4,7-13H2,(H,19,23). The van der Waals surface area contributed by atoms with Gasteiger partial charge < -0.3 is 10.2 Å². The van der Waals surface area contributed by atoms with Crippen LogP contribution >= 0.6 is 11.3 Å². The average molecular weight is 344 g/mol. The summed E-state index contributed by atoms with van der Waals surface area (Å²) in [6.45, 7) is 5.01. The van der Waals surface area contributed by atoms with Crippen molar-refractivity contribution in [1.82, 2.24) is 20.1 Å². The molecule has 5 nitrogen and oxygen atoms in total. The number of aromatic nitrogens is 1. The number of aryl methyl sites for hydroxylation is 1. The molecule has 0 atom stereocenters. The predicted molar refractivity (Wildman–Crippen MR) is 97.1 cm³/mol. The van der Waals surface area contributed by atoms with Crippen molar-refractivity contribution in [2.24, 2.45) is 0 Å². The van der Waals surface area contributed by atoms with Crippen molar-refractivity contribution in [3.63, 3.8) is 0 Å². The van der Waals surface area contributed by atoms with Crippen LogP contribution in [0.15, 0.2) is 41.2 Å². The molecular formula is C18H24N4OS. The summed E-state index contributed by atoms with van der Waals surface area (Å²) < 4.78 is 0. The number of urea groups is 1. The molecule has 128 valence electrons. The molecule has 1 aliphatic heterocycles. The molecule has 1 saturated heterocycles.